The van der Waals surface area contributed by atoms with Crippen LogP contribution in [0.4, 0.5) is 13.6 Å². The molecule has 1 unspecified atom stereocenters. The summed E-state index contributed by atoms with van der Waals surface area (Å²) in [5.74, 6) is -1.33. The molecule has 10 heteroatoms. The number of rotatable bonds is 6. The van der Waals surface area contributed by atoms with E-state index < -0.39 is 42.1 Å². The molecule has 3 rings (SSSR count). The highest BCUT2D eigenvalue weighted by Gasteiger charge is 2.49. The Balaban J connectivity index is 1.71. The lowest BCUT2D eigenvalue weighted by Crippen LogP contribution is -2.52. The highest BCUT2D eigenvalue weighted by molar-refractivity contribution is 6.09. The Morgan fingerprint density at radius 3 is 2.47 bits per heavy atom. The second kappa shape index (κ2) is 8.26. The number of nitrogens with zero attached hydrogens (tertiary/aromatic N) is 2. The van der Waals surface area contributed by atoms with E-state index in [1.54, 1.807) is 0 Å². The third kappa shape index (κ3) is 4.20. The number of urea groups is 1. The predicted octanol–water partition coefficient (Wildman–Crippen LogP) is 2.40. The summed E-state index contributed by atoms with van der Waals surface area (Å²) < 4.78 is 28.9. The number of imide groups is 1. The van der Waals surface area contributed by atoms with Crippen molar-refractivity contribution in [2.24, 2.45) is 0 Å². The molecule has 1 heterocycles. The van der Waals surface area contributed by atoms with Gasteiger partial charge >= 0.3 is 12.6 Å². The van der Waals surface area contributed by atoms with Crippen LogP contribution in [0.3, 0.4) is 0 Å². The number of ether oxygens (including phenoxy) is 1. The number of hydrogen-bond donors (Lipinski definition) is 2. The normalized spacial score (nSPS) is 23.1. The Morgan fingerprint density at radius 1 is 1.27 bits per heavy atom. The van der Waals surface area contributed by atoms with Crippen LogP contribution in [0, 0.1) is 11.3 Å². The van der Waals surface area contributed by atoms with Crippen LogP contribution >= 0.6 is 0 Å². The van der Waals surface area contributed by atoms with Crippen molar-refractivity contribution in [2.75, 3.05) is 6.54 Å². The molecule has 160 valence electrons. The zero-order chi connectivity index (χ0) is 21.9. The Kier molecular flexibility index (Phi) is 5.92. The van der Waals surface area contributed by atoms with Gasteiger partial charge < -0.3 is 15.4 Å². The van der Waals surface area contributed by atoms with Gasteiger partial charge in [-0.05, 0) is 37.5 Å². The first-order chi connectivity index (χ1) is 14.2. The molecule has 2 fully saturated rings. The summed E-state index contributed by atoms with van der Waals surface area (Å²) in [5.41, 5.74) is -2.08. The predicted molar refractivity (Wildman–Crippen MR) is 100 cm³/mol. The SMILES string of the molecule is CC1(c2ccc(OC(F)F)cc2)NC(=O)N(CC(=O)NC2(C#N)CCCCC2)C1=O. The lowest BCUT2D eigenvalue weighted by atomic mass is 9.83. The molecule has 1 aromatic carbocycles. The average Bonchev–Trinajstić information content (AvgIpc) is 2.92. The number of nitrogens with one attached hydrogen (secondary N) is 2. The van der Waals surface area contributed by atoms with Gasteiger partial charge in [-0.15, -0.1) is 0 Å². The largest absolute Gasteiger partial charge is 0.435 e. The van der Waals surface area contributed by atoms with Crippen molar-refractivity contribution in [2.45, 2.75) is 56.7 Å². The first-order valence-electron chi connectivity index (χ1n) is 9.61. The van der Waals surface area contributed by atoms with E-state index in [-0.39, 0.29) is 5.75 Å². The number of nitriles is 1. The molecule has 30 heavy (non-hydrogen) atoms. The number of carbonyl (C=O) groups excluding carboxylic acids is 3. The molecule has 1 aliphatic carbocycles. The second-order valence-electron chi connectivity index (χ2n) is 7.65. The number of halogens is 2. The number of hydrogen-bond acceptors (Lipinski definition) is 5. The molecule has 1 saturated heterocycles. The number of amides is 4. The van der Waals surface area contributed by atoms with Crippen LogP contribution in [0.1, 0.15) is 44.6 Å². The summed E-state index contributed by atoms with van der Waals surface area (Å²) in [6.45, 7) is -2.03. The maximum Gasteiger partial charge on any atom is 0.387 e. The van der Waals surface area contributed by atoms with Gasteiger partial charge in [-0.1, -0.05) is 31.4 Å². The first kappa shape index (κ1) is 21.5. The zero-order valence-corrected chi connectivity index (χ0v) is 16.4. The van der Waals surface area contributed by atoms with Crippen LogP contribution in [0.2, 0.25) is 0 Å². The number of alkyl halides is 2. The highest BCUT2D eigenvalue weighted by atomic mass is 19.3. The number of benzene rings is 1. The minimum Gasteiger partial charge on any atom is -0.435 e. The first-order valence-corrected chi connectivity index (χ1v) is 9.61. The third-order valence-corrected chi connectivity index (χ3v) is 5.53. The standard InChI is InChI=1S/C20H22F2N4O4/c1-19(13-5-7-14(8-6-13)30-17(21)22)16(28)26(18(29)25-19)11-15(27)24-20(12-23)9-3-2-4-10-20/h5-8,17H,2-4,9-11H2,1H3,(H,24,27)(H,25,29). The molecule has 0 spiro atoms. The summed E-state index contributed by atoms with van der Waals surface area (Å²) in [7, 11) is 0. The number of carbonyl (C=O) groups is 3. The fourth-order valence-corrected chi connectivity index (χ4v) is 3.88. The van der Waals surface area contributed by atoms with E-state index in [9.17, 15) is 28.4 Å². The maximum absolute atomic E-state index is 12.9. The van der Waals surface area contributed by atoms with Crippen molar-refractivity contribution in [3.05, 3.63) is 29.8 Å². The van der Waals surface area contributed by atoms with Crippen molar-refractivity contribution in [1.82, 2.24) is 15.5 Å². The molecule has 0 radical (unpaired) electrons. The van der Waals surface area contributed by atoms with Gasteiger partial charge in [0.05, 0.1) is 6.07 Å². The fourth-order valence-electron chi connectivity index (χ4n) is 3.88. The van der Waals surface area contributed by atoms with E-state index in [0.717, 1.165) is 24.2 Å². The van der Waals surface area contributed by atoms with Crippen molar-refractivity contribution < 1.29 is 27.9 Å². The lowest BCUT2D eigenvalue weighted by Gasteiger charge is -2.32. The fraction of sp³-hybridized carbons (Fsp3) is 0.500. The van der Waals surface area contributed by atoms with Gasteiger partial charge in [0.1, 0.15) is 23.4 Å². The van der Waals surface area contributed by atoms with E-state index >= 15 is 0 Å². The summed E-state index contributed by atoms with van der Waals surface area (Å²) >= 11 is 0. The third-order valence-electron chi connectivity index (χ3n) is 5.53. The van der Waals surface area contributed by atoms with Crippen molar-refractivity contribution in [3.63, 3.8) is 0 Å². The molecule has 1 saturated carbocycles. The molecular weight excluding hydrogens is 398 g/mol. The lowest BCUT2D eigenvalue weighted by molar-refractivity contribution is -0.135. The molecule has 1 atom stereocenters. The van der Waals surface area contributed by atoms with Gasteiger partial charge in [0.2, 0.25) is 5.91 Å². The summed E-state index contributed by atoms with van der Waals surface area (Å²) in [6, 6.07) is 6.73. The van der Waals surface area contributed by atoms with Crippen molar-refractivity contribution >= 4 is 17.8 Å². The van der Waals surface area contributed by atoms with Gasteiger partial charge in [0.25, 0.3) is 5.91 Å². The summed E-state index contributed by atoms with van der Waals surface area (Å²) in [6.07, 6.45) is 3.69. The van der Waals surface area contributed by atoms with Crippen LogP contribution < -0.4 is 15.4 Å². The maximum atomic E-state index is 12.9. The topological polar surface area (TPSA) is 112 Å². The van der Waals surface area contributed by atoms with Crippen LogP contribution in [-0.4, -0.2) is 41.4 Å². The van der Waals surface area contributed by atoms with Gasteiger partial charge in [0.15, 0.2) is 0 Å². The van der Waals surface area contributed by atoms with E-state index in [1.807, 2.05) is 0 Å². The summed E-state index contributed by atoms with van der Waals surface area (Å²) in [5, 5.41) is 14.7. The molecule has 2 aliphatic rings. The minimum atomic E-state index is -2.98. The molecule has 8 nitrogen and oxygen atoms in total. The molecule has 0 aromatic heterocycles. The summed E-state index contributed by atoms with van der Waals surface area (Å²) in [4.78, 5) is 38.6. The molecular formula is C20H22F2N4O4. The van der Waals surface area contributed by atoms with Gasteiger partial charge in [-0.2, -0.15) is 14.0 Å². The monoisotopic (exact) mass is 420 g/mol. The Hall–Kier alpha value is -3.22. The minimum absolute atomic E-state index is 0.0837. The van der Waals surface area contributed by atoms with E-state index in [4.69, 9.17) is 0 Å². The van der Waals surface area contributed by atoms with E-state index in [0.29, 0.717) is 18.4 Å². The average molecular weight is 420 g/mol. The van der Waals surface area contributed by atoms with Crippen LogP contribution in [0.25, 0.3) is 0 Å². The molecule has 2 N–H and O–H groups in total. The van der Waals surface area contributed by atoms with Crippen molar-refractivity contribution in [3.8, 4) is 11.8 Å². The van der Waals surface area contributed by atoms with E-state index in [1.165, 1.54) is 31.2 Å². The Labute approximate surface area is 172 Å². The smallest absolute Gasteiger partial charge is 0.387 e. The van der Waals surface area contributed by atoms with E-state index in [2.05, 4.69) is 21.4 Å². The Bertz CT molecular complexity index is 878. The highest BCUT2D eigenvalue weighted by Crippen LogP contribution is 2.31. The molecule has 1 aliphatic heterocycles. The van der Waals surface area contributed by atoms with Gasteiger partial charge in [-0.3, -0.25) is 14.5 Å². The van der Waals surface area contributed by atoms with Crippen LogP contribution in [0.5, 0.6) is 5.75 Å². The van der Waals surface area contributed by atoms with Gasteiger partial charge in [-0.25, -0.2) is 4.79 Å². The van der Waals surface area contributed by atoms with Crippen LogP contribution in [-0.2, 0) is 15.1 Å². The van der Waals surface area contributed by atoms with Crippen molar-refractivity contribution in [1.29, 1.82) is 5.26 Å². The molecule has 0 bridgehead atoms. The Morgan fingerprint density at radius 2 is 1.90 bits per heavy atom. The quantitative estimate of drug-likeness (QED) is 0.687. The molecule has 1 aromatic rings. The zero-order valence-electron chi connectivity index (χ0n) is 16.4. The van der Waals surface area contributed by atoms with Crippen LogP contribution in [0.15, 0.2) is 24.3 Å². The van der Waals surface area contributed by atoms with Gasteiger partial charge in [0, 0.05) is 0 Å². The second-order valence-corrected chi connectivity index (χ2v) is 7.65. The molecule has 4 amide bonds.